The SMILES string of the molecule is Cc1[nH]ncc1CNC(=O)c1csc2c1CCCC2. The van der Waals surface area contributed by atoms with Gasteiger partial charge in [0.05, 0.1) is 11.8 Å². The van der Waals surface area contributed by atoms with Crippen molar-refractivity contribution in [1.29, 1.82) is 0 Å². The fourth-order valence-electron chi connectivity index (χ4n) is 2.51. The minimum Gasteiger partial charge on any atom is -0.348 e. The van der Waals surface area contributed by atoms with E-state index in [0.717, 1.165) is 29.7 Å². The van der Waals surface area contributed by atoms with Gasteiger partial charge in [-0.05, 0) is 38.2 Å². The van der Waals surface area contributed by atoms with Crippen LogP contribution in [-0.2, 0) is 19.4 Å². The Hall–Kier alpha value is -1.62. The van der Waals surface area contributed by atoms with Crippen LogP contribution in [-0.4, -0.2) is 16.1 Å². The summed E-state index contributed by atoms with van der Waals surface area (Å²) in [4.78, 5) is 13.6. The number of fused-ring (bicyclic) bond motifs is 1. The quantitative estimate of drug-likeness (QED) is 0.904. The third kappa shape index (κ3) is 2.42. The van der Waals surface area contributed by atoms with Gasteiger partial charge in [-0.15, -0.1) is 11.3 Å². The van der Waals surface area contributed by atoms with E-state index in [-0.39, 0.29) is 5.91 Å². The van der Waals surface area contributed by atoms with E-state index in [4.69, 9.17) is 0 Å². The zero-order valence-electron chi connectivity index (χ0n) is 11.0. The summed E-state index contributed by atoms with van der Waals surface area (Å²) in [5.74, 6) is 0.0417. The van der Waals surface area contributed by atoms with Crippen LogP contribution >= 0.6 is 11.3 Å². The lowest BCUT2D eigenvalue weighted by molar-refractivity contribution is 0.0950. The number of amides is 1. The van der Waals surface area contributed by atoms with Crippen molar-refractivity contribution >= 4 is 17.2 Å². The van der Waals surface area contributed by atoms with E-state index in [1.165, 1.54) is 23.3 Å². The third-order valence-corrected chi connectivity index (χ3v) is 4.77. The summed E-state index contributed by atoms with van der Waals surface area (Å²) < 4.78 is 0. The van der Waals surface area contributed by atoms with Gasteiger partial charge in [0.15, 0.2) is 0 Å². The highest BCUT2D eigenvalue weighted by atomic mass is 32.1. The molecule has 2 N–H and O–H groups in total. The number of hydrogen-bond acceptors (Lipinski definition) is 3. The van der Waals surface area contributed by atoms with Crippen molar-refractivity contribution in [2.45, 2.75) is 39.2 Å². The van der Waals surface area contributed by atoms with Crippen LogP contribution in [0.5, 0.6) is 0 Å². The molecule has 2 heterocycles. The van der Waals surface area contributed by atoms with Crippen LogP contribution in [0.15, 0.2) is 11.6 Å². The van der Waals surface area contributed by atoms with Crippen LogP contribution in [0.25, 0.3) is 0 Å². The Bertz CT molecular complexity index is 600. The number of thiophene rings is 1. The second-order valence-electron chi connectivity index (χ2n) is 4.96. The first-order valence-corrected chi connectivity index (χ1v) is 7.50. The summed E-state index contributed by atoms with van der Waals surface area (Å²) in [6.07, 6.45) is 6.40. The van der Waals surface area contributed by atoms with Crippen molar-refractivity contribution < 1.29 is 4.79 Å². The number of nitrogens with one attached hydrogen (secondary N) is 2. The molecule has 0 saturated carbocycles. The van der Waals surface area contributed by atoms with Gasteiger partial charge < -0.3 is 5.32 Å². The molecular weight excluding hydrogens is 258 g/mol. The number of nitrogens with zero attached hydrogens (tertiary/aromatic N) is 1. The predicted octanol–water partition coefficient (Wildman–Crippen LogP) is 2.59. The van der Waals surface area contributed by atoms with Crippen molar-refractivity contribution in [2.75, 3.05) is 0 Å². The fraction of sp³-hybridized carbons (Fsp3) is 0.429. The van der Waals surface area contributed by atoms with Crippen molar-refractivity contribution in [3.8, 4) is 0 Å². The molecule has 2 aromatic heterocycles. The molecular formula is C14H17N3OS. The van der Waals surface area contributed by atoms with E-state index in [2.05, 4.69) is 15.5 Å². The monoisotopic (exact) mass is 275 g/mol. The van der Waals surface area contributed by atoms with Crippen LogP contribution in [0.2, 0.25) is 0 Å². The Morgan fingerprint density at radius 3 is 3.11 bits per heavy atom. The van der Waals surface area contributed by atoms with Crippen molar-refractivity contribution in [3.63, 3.8) is 0 Å². The van der Waals surface area contributed by atoms with E-state index >= 15 is 0 Å². The van der Waals surface area contributed by atoms with E-state index in [1.54, 1.807) is 17.5 Å². The molecule has 0 atom stereocenters. The number of carbonyl (C=O) groups is 1. The third-order valence-electron chi connectivity index (χ3n) is 3.68. The van der Waals surface area contributed by atoms with E-state index in [1.807, 2.05) is 12.3 Å². The predicted molar refractivity (Wildman–Crippen MR) is 75.5 cm³/mol. The van der Waals surface area contributed by atoms with Crippen molar-refractivity contribution in [2.24, 2.45) is 0 Å². The average Bonchev–Trinajstić information content (AvgIpc) is 3.02. The molecule has 0 radical (unpaired) electrons. The smallest absolute Gasteiger partial charge is 0.252 e. The van der Waals surface area contributed by atoms with Crippen LogP contribution in [0.3, 0.4) is 0 Å². The summed E-state index contributed by atoms with van der Waals surface area (Å²) in [7, 11) is 0. The largest absolute Gasteiger partial charge is 0.348 e. The molecule has 1 aliphatic carbocycles. The highest BCUT2D eigenvalue weighted by Crippen LogP contribution is 2.30. The normalized spacial score (nSPS) is 14.2. The Morgan fingerprint density at radius 2 is 2.32 bits per heavy atom. The molecule has 0 spiro atoms. The number of rotatable bonds is 3. The molecule has 3 rings (SSSR count). The fourth-order valence-corrected chi connectivity index (χ4v) is 3.63. The maximum atomic E-state index is 12.2. The molecule has 0 unspecified atom stereocenters. The van der Waals surface area contributed by atoms with E-state index in [0.29, 0.717) is 6.54 Å². The first-order chi connectivity index (χ1) is 9.25. The van der Waals surface area contributed by atoms with Gasteiger partial charge in [0, 0.05) is 28.1 Å². The zero-order valence-corrected chi connectivity index (χ0v) is 11.8. The topological polar surface area (TPSA) is 57.8 Å². The Morgan fingerprint density at radius 1 is 1.47 bits per heavy atom. The highest BCUT2D eigenvalue weighted by Gasteiger charge is 2.19. The van der Waals surface area contributed by atoms with Crippen molar-refractivity contribution in [3.05, 3.63) is 38.8 Å². The second kappa shape index (κ2) is 5.17. The van der Waals surface area contributed by atoms with E-state index in [9.17, 15) is 4.79 Å². The van der Waals surface area contributed by atoms with Gasteiger partial charge in [0.25, 0.3) is 5.91 Å². The van der Waals surface area contributed by atoms with Crippen LogP contribution < -0.4 is 5.32 Å². The van der Waals surface area contributed by atoms with Gasteiger partial charge in [-0.1, -0.05) is 0 Å². The lowest BCUT2D eigenvalue weighted by atomic mass is 9.95. The number of aromatic amines is 1. The first-order valence-electron chi connectivity index (χ1n) is 6.62. The van der Waals surface area contributed by atoms with Crippen LogP contribution in [0, 0.1) is 6.92 Å². The molecule has 0 aromatic carbocycles. The minimum absolute atomic E-state index is 0.0417. The summed E-state index contributed by atoms with van der Waals surface area (Å²) >= 11 is 1.73. The molecule has 4 nitrogen and oxygen atoms in total. The van der Waals surface area contributed by atoms with Crippen LogP contribution in [0.1, 0.15) is 44.9 Å². The molecule has 0 bridgehead atoms. The maximum absolute atomic E-state index is 12.2. The molecule has 1 amide bonds. The summed E-state index contributed by atoms with van der Waals surface area (Å²) in [6, 6.07) is 0. The van der Waals surface area contributed by atoms with Crippen molar-refractivity contribution in [1.82, 2.24) is 15.5 Å². The van der Waals surface area contributed by atoms with Gasteiger partial charge in [-0.3, -0.25) is 9.89 Å². The van der Waals surface area contributed by atoms with Gasteiger partial charge in [-0.2, -0.15) is 5.10 Å². The highest BCUT2D eigenvalue weighted by molar-refractivity contribution is 7.10. The summed E-state index contributed by atoms with van der Waals surface area (Å²) in [5, 5.41) is 11.8. The summed E-state index contributed by atoms with van der Waals surface area (Å²) in [6.45, 7) is 2.49. The Labute approximate surface area is 116 Å². The maximum Gasteiger partial charge on any atom is 0.252 e. The minimum atomic E-state index is 0.0417. The van der Waals surface area contributed by atoms with Crippen LogP contribution in [0.4, 0.5) is 0 Å². The number of aryl methyl sites for hydroxylation is 2. The van der Waals surface area contributed by atoms with Gasteiger partial charge >= 0.3 is 0 Å². The number of carbonyl (C=O) groups excluding carboxylic acids is 1. The second-order valence-corrected chi connectivity index (χ2v) is 5.93. The molecule has 2 aromatic rings. The standard InChI is InChI=1S/C14H17N3OS/c1-9-10(7-16-17-9)6-15-14(18)12-8-19-13-5-3-2-4-11(12)13/h7-8H,2-6H2,1H3,(H,15,18)(H,16,17). The molecule has 0 aliphatic heterocycles. The summed E-state index contributed by atoms with van der Waals surface area (Å²) in [5.41, 5.74) is 4.20. The molecule has 0 fully saturated rings. The molecule has 0 saturated heterocycles. The Kier molecular flexibility index (Phi) is 3.38. The Balaban J connectivity index is 1.71. The number of hydrogen-bond donors (Lipinski definition) is 2. The lowest BCUT2D eigenvalue weighted by Gasteiger charge is -2.12. The number of H-pyrrole nitrogens is 1. The van der Waals surface area contributed by atoms with E-state index < -0.39 is 0 Å². The number of aromatic nitrogens is 2. The molecule has 100 valence electrons. The average molecular weight is 275 g/mol. The lowest BCUT2D eigenvalue weighted by Crippen LogP contribution is -2.24. The van der Waals surface area contributed by atoms with Gasteiger partial charge in [-0.25, -0.2) is 0 Å². The molecule has 19 heavy (non-hydrogen) atoms. The van der Waals surface area contributed by atoms with Gasteiger partial charge in [0.1, 0.15) is 0 Å². The first kappa shape index (κ1) is 12.4. The molecule has 1 aliphatic rings. The molecule has 5 heteroatoms. The van der Waals surface area contributed by atoms with Gasteiger partial charge in [0.2, 0.25) is 0 Å². The zero-order chi connectivity index (χ0) is 13.2.